The van der Waals surface area contributed by atoms with Gasteiger partial charge < -0.3 is 9.47 Å². The average molecular weight is 491 g/mol. The number of ether oxygens (including phenoxy) is 2. The summed E-state index contributed by atoms with van der Waals surface area (Å²) in [6.45, 7) is 4.91. The highest BCUT2D eigenvalue weighted by Gasteiger charge is 2.19. The predicted octanol–water partition coefficient (Wildman–Crippen LogP) is 8.42. The van der Waals surface area contributed by atoms with E-state index in [0.717, 1.165) is 36.8 Å². The first-order valence-corrected chi connectivity index (χ1v) is 12.8. The molecule has 3 rings (SSSR count). The van der Waals surface area contributed by atoms with Crippen LogP contribution < -0.4 is 9.47 Å². The molecule has 0 aromatic heterocycles. The maximum atomic E-state index is 10.1. The van der Waals surface area contributed by atoms with Gasteiger partial charge >= 0.3 is 0 Å². The molecule has 0 spiro atoms. The molecule has 1 atom stereocenters. The Morgan fingerprint density at radius 1 is 0.811 bits per heavy atom. The molecule has 0 N–H and O–H groups in total. The van der Waals surface area contributed by atoms with Crippen LogP contribution in [0.4, 0.5) is 0 Å². The Balaban J connectivity index is 2.13. The molecule has 1 unspecified atom stereocenters. The van der Waals surface area contributed by atoms with Crippen molar-refractivity contribution in [3.05, 3.63) is 95.1 Å². The molecule has 4 nitrogen and oxygen atoms in total. The monoisotopic (exact) mass is 490 g/mol. The first kappa shape index (κ1) is 27.3. The standard InChI is InChI=1S/C33H34N2O2/c1-4-6-13-25(5-2)24-37-33-21-30(28(22-34)18-26-14-9-7-10-15-26)32(36-3)20-31(33)29(23-35)19-27-16-11-8-12-17-27/h7-12,14-21,25H,4-6,13,24H2,1-3H3/b28-18-,29-19-. The summed E-state index contributed by atoms with van der Waals surface area (Å²) in [4.78, 5) is 0. The Hall–Kier alpha value is -4.28. The van der Waals surface area contributed by atoms with E-state index < -0.39 is 0 Å². The quantitative estimate of drug-likeness (QED) is 0.189. The number of nitriles is 2. The van der Waals surface area contributed by atoms with Gasteiger partial charge in [-0.1, -0.05) is 93.8 Å². The van der Waals surface area contributed by atoms with E-state index in [-0.39, 0.29) is 0 Å². The number of hydrogen-bond acceptors (Lipinski definition) is 4. The fourth-order valence-corrected chi connectivity index (χ4v) is 4.15. The van der Waals surface area contributed by atoms with Crippen LogP contribution in [0.2, 0.25) is 0 Å². The topological polar surface area (TPSA) is 66.0 Å². The van der Waals surface area contributed by atoms with Crippen molar-refractivity contribution in [2.75, 3.05) is 13.7 Å². The van der Waals surface area contributed by atoms with E-state index in [1.54, 1.807) is 7.11 Å². The van der Waals surface area contributed by atoms with Gasteiger partial charge in [-0.05, 0) is 47.8 Å². The van der Waals surface area contributed by atoms with E-state index in [2.05, 4.69) is 26.0 Å². The van der Waals surface area contributed by atoms with Crippen molar-refractivity contribution in [2.45, 2.75) is 39.5 Å². The number of rotatable bonds is 12. The predicted molar refractivity (Wildman–Crippen MR) is 152 cm³/mol. The third-order valence-corrected chi connectivity index (χ3v) is 6.36. The number of nitrogens with zero attached hydrogens (tertiary/aromatic N) is 2. The number of methoxy groups -OCH3 is 1. The molecular formula is C33H34N2O2. The molecule has 3 aromatic rings. The molecule has 0 aliphatic rings. The molecule has 0 heterocycles. The lowest BCUT2D eigenvalue weighted by Gasteiger charge is -2.19. The lowest BCUT2D eigenvalue weighted by Crippen LogP contribution is -2.12. The Morgan fingerprint density at radius 2 is 1.32 bits per heavy atom. The molecule has 4 heteroatoms. The normalized spacial score (nSPS) is 12.4. The van der Waals surface area contributed by atoms with Crippen LogP contribution in [-0.4, -0.2) is 13.7 Å². The van der Waals surface area contributed by atoms with Gasteiger partial charge in [0.15, 0.2) is 0 Å². The zero-order valence-corrected chi connectivity index (χ0v) is 21.9. The van der Waals surface area contributed by atoms with Gasteiger partial charge in [0.05, 0.1) is 37.0 Å². The van der Waals surface area contributed by atoms with Crippen molar-refractivity contribution < 1.29 is 9.47 Å². The highest BCUT2D eigenvalue weighted by molar-refractivity contribution is 5.96. The number of unbranched alkanes of at least 4 members (excludes halogenated alkanes) is 1. The number of allylic oxidation sites excluding steroid dienone is 2. The first-order valence-electron chi connectivity index (χ1n) is 12.8. The molecule has 0 saturated heterocycles. The van der Waals surface area contributed by atoms with Crippen molar-refractivity contribution in [2.24, 2.45) is 5.92 Å². The van der Waals surface area contributed by atoms with Crippen LogP contribution in [0.1, 0.15) is 61.8 Å². The van der Waals surface area contributed by atoms with Crippen molar-refractivity contribution in [3.63, 3.8) is 0 Å². The molecule has 3 aromatic carbocycles. The summed E-state index contributed by atoms with van der Waals surface area (Å²) in [7, 11) is 1.57. The lowest BCUT2D eigenvalue weighted by molar-refractivity contribution is 0.232. The second-order valence-electron chi connectivity index (χ2n) is 8.94. The first-order chi connectivity index (χ1) is 18.1. The minimum absolute atomic E-state index is 0.414. The van der Waals surface area contributed by atoms with Crippen molar-refractivity contribution in [3.8, 4) is 23.6 Å². The summed E-state index contributed by atoms with van der Waals surface area (Å²) in [6.07, 6.45) is 8.08. The Kier molecular flexibility index (Phi) is 10.6. The Bertz CT molecular complexity index is 1300. The molecular weight excluding hydrogens is 456 g/mol. The van der Waals surface area contributed by atoms with Gasteiger partial charge in [0.25, 0.3) is 0 Å². The van der Waals surface area contributed by atoms with Crippen LogP contribution in [0.5, 0.6) is 11.5 Å². The van der Waals surface area contributed by atoms with Crippen LogP contribution >= 0.6 is 0 Å². The third kappa shape index (κ3) is 7.60. The van der Waals surface area contributed by atoms with Gasteiger partial charge in [0.2, 0.25) is 0 Å². The molecule has 0 bridgehead atoms. The van der Waals surface area contributed by atoms with Gasteiger partial charge in [0.1, 0.15) is 11.5 Å². The van der Waals surface area contributed by atoms with Crippen LogP contribution in [0, 0.1) is 28.6 Å². The van der Waals surface area contributed by atoms with E-state index in [0.29, 0.717) is 46.3 Å². The molecule has 0 amide bonds. The fraction of sp³-hybridized carbons (Fsp3) is 0.273. The number of hydrogen-bond donors (Lipinski definition) is 0. The zero-order valence-electron chi connectivity index (χ0n) is 21.9. The third-order valence-electron chi connectivity index (χ3n) is 6.36. The summed E-state index contributed by atoms with van der Waals surface area (Å²) >= 11 is 0. The second kappa shape index (κ2) is 14.3. The van der Waals surface area contributed by atoms with Gasteiger partial charge in [-0.15, -0.1) is 0 Å². The molecule has 0 fully saturated rings. The van der Waals surface area contributed by atoms with Crippen LogP contribution in [0.15, 0.2) is 72.8 Å². The zero-order chi connectivity index (χ0) is 26.5. The summed E-state index contributed by atoms with van der Waals surface area (Å²) in [5, 5.41) is 20.2. The van der Waals surface area contributed by atoms with E-state index in [4.69, 9.17) is 9.47 Å². The van der Waals surface area contributed by atoms with Gasteiger partial charge in [0, 0.05) is 11.1 Å². The fourth-order valence-electron chi connectivity index (χ4n) is 4.15. The Labute approximate surface area is 221 Å². The maximum absolute atomic E-state index is 10.1. The second-order valence-corrected chi connectivity index (χ2v) is 8.94. The molecule has 37 heavy (non-hydrogen) atoms. The van der Waals surface area contributed by atoms with Crippen LogP contribution in [-0.2, 0) is 0 Å². The highest BCUT2D eigenvalue weighted by Crippen LogP contribution is 2.38. The van der Waals surface area contributed by atoms with Crippen LogP contribution in [0.25, 0.3) is 23.3 Å². The lowest BCUT2D eigenvalue weighted by atomic mass is 9.96. The van der Waals surface area contributed by atoms with Crippen molar-refractivity contribution >= 4 is 23.3 Å². The van der Waals surface area contributed by atoms with E-state index in [1.165, 1.54) is 0 Å². The van der Waals surface area contributed by atoms with E-state index >= 15 is 0 Å². The number of benzene rings is 3. The van der Waals surface area contributed by atoms with E-state index in [1.807, 2.05) is 84.9 Å². The highest BCUT2D eigenvalue weighted by atomic mass is 16.5. The largest absolute Gasteiger partial charge is 0.496 e. The Morgan fingerprint density at radius 3 is 1.78 bits per heavy atom. The summed E-state index contributed by atoms with van der Waals surface area (Å²) in [5.74, 6) is 1.50. The van der Waals surface area contributed by atoms with Crippen LogP contribution in [0.3, 0.4) is 0 Å². The average Bonchev–Trinajstić information content (AvgIpc) is 2.95. The minimum Gasteiger partial charge on any atom is -0.496 e. The smallest absolute Gasteiger partial charge is 0.128 e. The SMILES string of the molecule is CCCCC(CC)COc1cc(/C(C#N)=C\c2ccccc2)c(OC)cc1/C(C#N)=C\c1ccccc1. The van der Waals surface area contributed by atoms with Crippen molar-refractivity contribution in [1.82, 2.24) is 0 Å². The summed E-state index contributed by atoms with van der Waals surface area (Å²) in [6, 6.07) is 27.8. The minimum atomic E-state index is 0.414. The molecule has 0 aliphatic carbocycles. The summed E-state index contributed by atoms with van der Waals surface area (Å²) < 4.78 is 12.1. The maximum Gasteiger partial charge on any atom is 0.128 e. The molecule has 0 saturated carbocycles. The van der Waals surface area contributed by atoms with Gasteiger partial charge in [-0.3, -0.25) is 0 Å². The van der Waals surface area contributed by atoms with Crippen molar-refractivity contribution in [1.29, 1.82) is 10.5 Å². The van der Waals surface area contributed by atoms with E-state index in [9.17, 15) is 10.5 Å². The molecule has 0 radical (unpaired) electrons. The van der Waals surface area contributed by atoms with Gasteiger partial charge in [-0.25, -0.2) is 0 Å². The molecule has 0 aliphatic heterocycles. The molecule has 188 valence electrons. The van der Waals surface area contributed by atoms with Gasteiger partial charge in [-0.2, -0.15) is 10.5 Å². The summed E-state index contributed by atoms with van der Waals surface area (Å²) in [5.41, 5.74) is 4.05.